The second kappa shape index (κ2) is 5.10. The van der Waals surface area contributed by atoms with Gasteiger partial charge in [-0.2, -0.15) is 5.10 Å². The Labute approximate surface area is 123 Å². The molecule has 0 aliphatic heterocycles. The summed E-state index contributed by atoms with van der Waals surface area (Å²) < 4.78 is 32.5. The van der Waals surface area contributed by atoms with Gasteiger partial charge in [0.2, 0.25) is 0 Å². The zero-order valence-corrected chi connectivity index (χ0v) is 11.4. The van der Waals surface area contributed by atoms with Crippen LogP contribution in [0.3, 0.4) is 0 Å². The van der Waals surface area contributed by atoms with Crippen molar-refractivity contribution in [3.63, 3.8) is 0 Å². The number of hydrogen-bond acceptors (Lipinski definition) is 3. The van der Waals surface area contributed by atoms with E-state index >= 15 is 0 Å². The number of ether oxygens (including phenoxy) is 1. The van der Waals surface area contributed by atoms with Crippen molar-refractivity contribution in [3.8, 4) is 17.0 Å². The van der Waals surface area contributed by atoms with Gasteiger partial charge in [-0.05, 0) is 30.3 Å². The van der Waals surface area contributed by atoms with Gasteiger partial charge in [-0.25, -0.2) is 13.6 Å². The molecule has 0 fully saturated rings. The third-order valence-electron chi connectivity index (χ3n) is 3.32. The fourth-order valence-corrected chi connectivity index (χ4v) is 2.25. The molecule has 0 saturated carbocycles. The summed E-state index contributed by atoms with van der Waals surface area (Å²) >= 11 is 0. The third-order valence-corrected chi connectivity index (χ3v) is 3.32. The highest BCUT2D eigenvalue weighted by atomic mass is 19.1. The molecule has 22 heavy (non-hydrogen) atoms. The van der Waals surface area contributed by atoms with Gasteiger partial charge in [0.15, 0.2) is 17.4 Å². The maximum absolute atomic E-state index is 14.3. The van der Waals surface area contributed by atoms with Gasteiger partial charge in [0, 0.05) is 10.9 Å². The quantitative estimate of drug-likeness (QED) is 0.779. The summed E-state index contributed by atoms with van der Waals surface area (Å²) in [7, 11) is 1.16. The predicted octanol–water partition coefficient (Wildman–Crippen LogP) is 3.21. The van der Waals surface area contributed by atoms with Gasteiger partial charge >= 0.3 is 5.97 Å². The van der Waals surface area contributed by atoms with E-state index in [0.717, 1.165) is 13.2 Å². The second-order valence-corrected chi connectivity index (χ2v) is 4.58. The summed E-state index contributed by atoms with van der Waals surface area (Å²) in [5.41, 5.74) is 0.799. The van der Waals surface area contributed by atoms with Crippen molar-refractivity contribution in [3.05, 3.63) is 47.5 Å². The van der Waals surface area contributed by atoms with Crippen LogP contribution in [0.2, 0.25) is 0 Å². The molecule has 0 radical (unpaired) electrons. The Balaban J connectivity index is 2.27. The first kappa shape index (κ1) is 14.0. The maximum atomic E-state index is 14.3. The van der Waals surface area contributed by atoms with Crippen LogP contribution in [-0.2, 0) is 0 Å². The summed E-state index contributed by atoms with van der Waals surface area (Å²) in [6.07, 6.45) is 0. The van der Waals surface area contributed by atoms with E-state index in [4.69, 9.17) is 9.84 Å². The topological polar surface area (TPSA) is 75.2 Å². The Kier molecular flexibility index (Phi) is 3.25. The number of methoxy groups -OCH3 is 1. The van der Waals surface area contributed by atoms with E-state index in [1.165, 1.54) is 24.3 Å². The summed E-state index contributed by atoms with van der Waals surface area (Å²) in [5.74, 6) is -3.33. The third kappa shape index (κ3) is 2.07. The molecule has 1 aromatic heterocycles. The van der Waals surface area contributed by atoms with Crippen LogP contribution in [0.1, 0.15) is 10.4 Å². The first-order valence-electron chi connectivity index (χ1n) is 6.26. The summed E-state index contributed by atoms with van der Waals surface area (Å²) in [4.78, 5) is 11.1. The highest BCUT2D eigenvalue weighted by Gasteiger charge is 2.19. The van der Waals surface area contributed by atoms with Crippen molar-refractivity contribution in [1.82, 2.24) is 10.2 Å². The lowest BCUT2D eigenvalue weighted by Crippen LogP contribution is -1.97. The van der Waals surface area contributed by atoms with E-state index in [-0.39, 0.29) is 16.8 Å². The zero-order chi connectivity index (χ0) is 15.9. The van der Waals surface area contributed by atoms with Crippen molar-refractivity contribution in [2.75, 3.05) is 7.11 Å². The molecule has 0 amide bonds. The molecule has 0 unspecified atom stereocenters. The number of nitrogens with zero attached hydrogens (tertiary/aromatic N) is 1. The van der Waals surface area contributed by atoms with Gasteiger partial charge in [0.1, 0.15) is 5.69 Å². The molecule has 112 valence electrons. The minimum Gasteiger partial charge on any atom is -0.491 e. The van der Waals surface area contributed by atoms with Crippen molar-refractivity contribution in [2.24, 2.45) is 0 Å². The normalized spacial score (nSPS) is 10.9. The number of aromatic nitrogens is 2. The van der Waals surface area contributed by atoms with Crippen LogP contribution >= 0.6 is 0 Å². The van der Waals surface area contributed by atoms with Crippen molar-refractivity contribution in [1.29, 1.82) is 0 Å². The number of halogens is 2. The first-order valence-corrected chi connectivity index (χ1v) is 6.26. The molecular weight excluding hydrogens is 294 g/mol. The number of hydrogen-bond donors (Lipinski definition) is 2. The number of aromatic carboxylic acids is 1. The Morgan fingerprint density at radius 1 is 1.27 bits per heavy atom. The summed E-state index contributed by atoms with van der Waals surface area (Å²) in [6.45, 7) is 0. The Hall–Kier alpha value is -2.96. The molecule has 0 saturated heterocycles. The minimum atomic E-state index is -1.11. The van der Waals surface area contributed by atoms with Gasteiger partial charge in [-0.15, -0.1) is 0 Å². The predicted molar refractivity (Wildman–Crippen MR) is 75.0 cm³/mol. The number of fused-ring (bicyclic) bond motifs is 1. The van der Waals surface area contributed by atoms with Crippen LogP contribution in [0.4, 0.5) is 8.78 Å². The number of carbonyl (C=O) groups is 1. The Morgan fingerprint density at radius 3 is 2.73 bits per heavy atom. The molecule has 2 N–H and O–H groups in total. The Bertz CT molecular complexity index is 890. The molecule has 0 bridgehead atoms. The van der Waals surface area contributed by atoms with Crippen LogP contribution in [-0.4, -0.2) is 28.4 Å². The Morgan fingerprint density at radius 2 is 2.05 bits per heavy atom. The van der Waals surface area contributed by atoms with Crippen LogP contribution < -0.4 is 4.74 Å². The SMILES string of the molecule is COc1c(F)ccc(-c2n[nH]c3ccc(C(=O)O)cc23)c1F. The molecule has 2 aromatic carbocycles. The largest absolute Gasteiger partial charge is 0.491 e. The van der Waals surface area contributed by atoms with Gasteiger partial charge < -0.3 is 9.84 Å². The lowest BCUT2D eigenvalue weighted by atomic mass is 10.0. The van der Waals surface area contributed by atoms with E-state index in [0.29, 0.717) is 10.9 Å². The fraction of sp³-hybridized carbons (Fsp3) is 0.0667. The van der Waals surface area contributed by atoms with Crippen LogP contribution in [0.15, 0.2) is 30.3 Å². The summed E-state index contributed by atoms with van der Waals surface area (Å²) in [6, 6.07) is 6.63. The highest BCUT2D eigenvalue weighted by molar-refractivity contribution is 5.99. The second-order valence-electron chi connectivity index (χ2n) is 4.58. The number of benzene rings is 2. The fourth-order valence-electron chi connectivity index (χ4n) is 2.25. The van der Waals surface area contributed by atoms with E-state index in [9.17, 15) is 13.6 Å². The standard InChI is InChI=1S/C15H10F2N2O3/c1-22-14-10(16)4-3-8(12(14)17)13-9-6-7(15(20)21)2-5-11(9)18-19-13/h2-6H,1H3,(H,18,19)(H,20,21). The molecule has 0 spiro atoms. The van der Waals surface area contributed by atoms with E-state index in [2.05, 4.69) is 10.2 Å². The maximum Gasteiger partial charge on any atom is 0.335 e. The number of aromatic amines is 1. The van der Waals surface area contributed by atoms with Crippen LogP contribution in [0.25, 0.3) is 22.2 Å². The van der Waals surface area contributed by atoms with Crippen molar-refractivity contribution in [2.45, 2.75) is 0 Å². The smallest absolute Gasteiger partial charge is 0.335 e. The molecule has 0 atom stereocenters. The number of nitrogens with one attached hydrogen (secondary N) is 1. The van der Waals surface area contributed by atoms with Gasteiger partial charge in [-0.3, -0.25) is 5.10 Å². The van der Waals surface area contributed by atoms with Crippen molar-refractivity contribution >= 4 is 16.9 Å². The van der Waals surface area contributed by atoms with Gasteiger partial charge in [0.25, 0.3) is 0 Å². The van der Waals surface area contributed by atoms with Gasteiger partial charge in [0.05, 0.1) is 18.2 Å². The van der Waals surface area contributed by atoms with Crippen molar-refractivity contribution < 1.29 is 23.4 Å². The number of rotatable bonds is 3. The average Bonchev–Trinajstić information content (AvgIpc) is 2.91. The highest BCUT2D eigenvalue weighted by Crippen LogP contribution is 2.34. The van der Waals surface area contributed by atoms with E-state index in [1.807, 2.05) is 0 Å². The van der Waals surface area contributed by atoms with Gasteiger partial charge in [-0.1, -0.05) is 0 Å². The lowest BCUT2D eigenvalue weighted by Gasteiger charge is -2.07. The monoisotopic (exact) mass is 304 g/mol. The molecule has 3 aromatic rings. The molecule has 3 rings (SSSR count). The first-order chi connectivity index (χ1) is 10.5. The van der Waals surface area contributed by atoms with E-state index < -0.39 is 23.4 Å². The number of carboxylic acid groups (broad SMARTS) is 1. The molecule has 5 nitrogen and oxygen atoms in total. The zero-order valence-electron chi connectivity index (χ0n) is 11.4. The molecule has 0 aliphatic carbocycles. The molecular formula is C15H10F2N2O3. The minimum absolute atomic E-state index is 0.0204. The molecule has 7 heteroatoms. The molecule has 0 aliphatic rings. The number of H-pyrrole nitrogens is 1. The van der Waals surface area contributed by atoms with Crippen LogP contribution in [0, 0.1) is 11.6 Å². The summed E-state index contributed by atoms with van der Waals surface area (Å²) in [5, 5.41) is 16.1. The van der Waals surface area contributed by atoms with Crippen LogP contribution in [0.5, 0.6) is 5.75 Å². The number of carboxylic acids is 1. The molecule has 1 heterocycles. The average molecular weight is 304 g/mol. The van der Waals surface area contributed by atoms with E-state index in [1.54, 1.807) is 0 Å². The lowest BCUT2D eigenvalue weighted by molar-refractivity contribution is 0.0697.